The number of hydrogen-bond donors (Lipinski definition) is 2. The zero-order valence-electron chi connectivity index (χ0n) is 19.3. The Hall–Kier alpha value is -2.48. The predicted molar refractivity (Wildman–Crippen MR) is 120 cm³/mol. The Morgan fingerprint density at radius 3 is 2.37 bits per heavy atom. The van der Waals surface area contributed by atoms with Crippen LogP contribution in [0, 0.1) is 0 Å². The number of carbonyl (C=O) groups is 1. The van der Waals surface area contributed by atoms with Gasteiger partial charge in [-0.25, -0.2) is 4.99 Å². The van der Waals surface area contributed by atoms with E-state index >= 15 is 0 Å². The standard InChI is InChI=1S/C22H38N4O4/c1-7-12-29-19-10-9-18(15-20(19)30-13-8-2)17(3)25-22(23-11-14-28-6)24-16-21(27)26(4)5/h9-10,15,17H,7-8,11-14,16H2,1-6H3,(H2,23,24,25). The van der Waals surface area contributed by atoms with E-state index in [9.17, 15) is 4.79 Å². The molecule has 2 N–H and O–H groups in total. The van der Waals surface area contributed by atoms with Crippen molar-refractivity contribution in [3.63, 3.8) is 0 Å². The van der Waals surface area contributed by atoms with Gasteiger partial charge in [-0.2, -0.15) is 0 Å². The van der Waals surface area contributed by atoms with Gasteiger partial charge in [0.25, 0.3) is 0 Å². The second kappa shape index (κ2) is 14.5. The van der Waals surface area contributed by atoms with E-state index < -0.39 is 0 Å². The minimum absolute atomic E-state index is 0.0579. The third kappa shape index (κ3) is 9.35. The van der Waals surface area contributed by atoms with Gasteiger partial charge in [0.15, 0.2) is 17.5 Å². The first kappa shape index (κ1) is 25.6. The second-order valence-corrected chi connectivity index (χ2v) is 7.14. The molecule has 0 fully saturated rings. The van der Waals surface area contributed by atoms with Crippen molar-refractivity contribution in [2.75, 3.05) is 54.1 Å². The van der Waals surface area contributed by atoms with E-state index in [-0.39, 0.29) is 18.5 Å². The Morgan fingerprint density at radius 1 is 1.10 bits per heavy atom. The van der Waals surface area contributed by atoms with Crippen LogP contribution in [0.15, 0.2) is 23.2 Å². The Kier molecular flexibility index (Phi) is 12.3. The molecule has 0 aliphatic carbocycles. The van der Waals surface area contributed by atoms with Crippen LogP contribution in [0.2, 0.25) is 0 Å². The van der Waals surface area contributed by atoms with Crippen LogP contribution in [0.1, 0.15) is 45.2 Å². The highest BCUT2D eigenvalue weighted by molar-refractivity contribution is 5.85. The Balaban J connectivity index is 2.95. The number of hydrogen-bond acceptors (Lipinski definition) is 5. The minimum Gasteiger partial charge on any atom is -0.490 e. The number of guanidine groups is 1. The highest BCUT2D eigenvalue weighted by atomic mass is 16.5. The second-order valence-electron chi connectivity index (χ2n) is 7.14. The molecule has 0 heterocycles. The zero-order valence-corrected chi connectivity index (χ0v) is 19.3. The summed E-state index contributed by atoms with van der Waals surface area (Å²) in [6.45, 7) is 8.65. The molecular formula is C22H38N4O4. The molecule has 8 nitrogen and oxygen atoms in total. The molecule has 8 heteroatoms. The summed E-state index contributed by atoms with van der Waals surface area (Å²) in [6, 6.07) is 5.89. The molecular weight excluding hydrogens is 384 g/mol. The Labute approximate surface area is 181 Å². The predicted octanol–water partition coefficient (Wildman–Crippen LogP) is 2.60. The van der Waals surface area contributed by atoms with E-state index in [1.54, 1.807) is 21.2 Å². The maximum absolute atomic E-state index is 11.9. The average Bonchev–Trinajstić information content (AvgIpc) is 2.74. The molecule has 1 unspecified atom stereocenters. The maximum Gasteiger partial charge on any atom is 0.243 e. The summed E-state index contributed by atoms with van der Waals surface area (Å²) >= 11 is 0. The van der Waals surface area contributed by atoms with Crippen molar-refractivity contribution in [3.05, 3.63) is 23.8 Å². The summed E-state index contributed by atoms with van der Waals surface area (Å²) in [5.74, 6) is 1.98. The van der Waals surface area contributed by atoms with Crippen molar-refractivity contribution in [1.29, 1.82) is 0 Å². The lowest BCUT2D eigenvalue weighted by molar-refractivity contribution is -0.127. The summed E-state index contributed by atoms with van der Waals surface area (Å²) in [5, 5.41) is 6.54. The van der Waals surface area contributed by atoms with Crippen molar-refractivity contribution >= 4 is 11.9 Å². The van der Waals surface area contributed by atoms with Crippen LogP contribution in [0.5, 0.6) is 11.5 Å². The Morgan fingerprint density at radius 2 is 1.77 bits per heavy atom. The molecule has 0 bridgehead atoms. The summed E-state index contributed by atoms with van der Waals surface area (Å²) in [5.41, 5.74) is 1.03. The molecule has 1 amide bonds. The smallest absolute Gasteiger partial charge is 0.243 e. The largest absolute Gasteiger partial charge is 0.490 e. The number of aliphatic imine (C=N–C) groups is 1. The van der Waals surface area contributed by atoms with E-state index in [1.165, 1.54) is 4.90 Å². The van der Waals surface area contributed by atoms with Crippen molar-refractivity contribution in [1.82, 2.24) is 15.5 Å². The van der Waals surface area contributed by atoms with Gasteiger partial charge in [-0.15, -0.1) is 0 Å². The lowest BCUT2D eigenvalue weighted by Gasteiger charge is -2.20. The molecule has 0 saturated heterocycles. The van der Waals surface area contributed by atoms with E-state index in [0.717, 1.165) is 29.9 Å². The first-order chi connectivity index (χ1) is 14.4. The van der Waals surface area contributed by atoms with E-state index in [0.29, 0.717) is 32.3 Å². The summed E-state index contributed by atoms with van der Waals surface area (Å²) in [7, 11) is 5.07. The first-order valence-electron chi connectivity index (χ1n) is 10.6. The van der Waals surface area contributed by atoms with Crippen molar-refractivity contribution < 1.29 is 19.0 Å². The number of methoxy groups -OCH3 is 1. The van der Waals surface area contributed by atoms with Crippen LogP contribution in [-0.2, 0) is 9.53 Å². The van der Waals surface area contributed by atoms with Crippen molar-refractivity contribution in [2.24, 2.45) is 4.99 Å². The SMILES string of the molecule is CCCOc1ccc(C(C)NC(=NCC(=O)N(C)C)NCCOC)cc1OCCC. The molecule has 0 saturated carbocycles. The molecule has 0 spiro atoms. The van der Waals surface area contributed by atoms with E-state index in [2.05, 4.69) is 29.5 Å². The third-order valence-electron chi connectivity index (χ3n) is 4.21. The molecule has 0 aliphatic heterocycles. The average molecular weight is 423 g/mol. The maximum atomic E-state index is 11.9. The molecule has 1 rings (SSSR count). The Bertz CT molecular complexity index is 665. The van der Waals surface area contributed by atoms with Gasteiger partial charge >= 0.3 is 0 Å². The quantitative estimate of drug-likeness (QED) is 0.289. The number of amides is 1. The van der Waals surface area contributed by atoms with Crippen LogP contribution >= 0.6 is 0 Å². The summed E-state index contributed by atoms with van der Waals surface area (Å²) in [6.07, 6.45) is 1.86. The number of benzene rings is 1. The molecule has 1 aromatic carbocycles. The van der Waals surface area contributed by atoms with Gasteiger partial charge in [-0.1, -0.05) is 19.9 Å². The fraction of sp³-hybridized carbons (Fsp3) is 0.636. The van der Waals surface area contributed by atoms with Gasteiger partial charge in [0.2, 0.25) is 5.91 Å². The minimum atomic E-state index is -0.0665. The molecule has 0 aliphatic rings. The normalized spacial score (nSPS) is 12.3. The van der Waals surface area contributed by atoms with Gasteiger partial charge in [0, 0.05) is 27.7 Å². The lowest BCUT2D eigenvalue weighted by Crippen LogP contribution is -2.41. The first-order valence-corrected chi connectivity index (χ1v) is 10.6. The molecule has 1 atom stereocenters. The van der Waals surface area contributed by atoms with Crippen LogP contribution in [-0.4, -0.2) is 70.9 Å². The van der Waals surface area contributed by atoms with Crippen LogP contribution < -0.4 is 20.1 Å². The lowest BCUT2D eigenvalue weighted by atomic mass is 10.1. The molecule has 1 aromatic rings. The zero-order chi connectivity index (χ0) is 22.4. The number of rotatable bonds is 13. The van der Waals surface area contributed by atoms with Gasteiger partial charge in [0.05, 0.1) is 25.9 Å². The van der Waals surface area contributed by atoms with Gasteiger partial charge in [-0.3, -0.25) is 4.79 Å². The monoisotopic (exact) mass is 422 g/mol. The molecule has 30 heavy (non-hydrogen) atoms. The number of nitrogens with zero attached hydrogens (tertiary/aromatic N) is 2. The van der Waals surface area contributed by atoms with Gasteiger partial charge in [-0.05, 0) is 37.5 Å². The number of ether oxygens (including phenoxy) is 3. The molecule has 0 aromatic heterocycles. The fourth-order valence-corrected chi connectivity index (χ4v) is 2.45. The van der Waals surface area contributed by atoms with E-state index in [1.807, 2.05) is 25.1 Å². The highest BCUT2D eigenvalue weighted by Crippen LogP contribution is 2.31. The van der Waals surface area contributed by atoms with Crippen LogP contribution in [0.3, 0.4) is 0 Å². The number of nitrogens with one attached hydrogen (secondary N) is 2. The van der Waals surface area contributed by atoms with Gasteiger partial charge < -0.3 is 29.7 Å². The number of carbonyl (C=O) groups excluding carboxylic acids is 1. The van der Waals surface area contributed by atoms with Crippen LogP contribution in [0.4, 0.5) is 0 Å². The highest BCUT2D eigenvalue weighted by Gasteiger charge is 2.13. The van der Waals surface area contributed by atoms with Crippen molar-refractivity contribution in [2.45, 2.75) is 39.7 Å². The van der Waals surface area contributed by atoms with Crippen molar-refractivity contribution in [3.8, 4) is 11.5 Å². The molecule has 0 radical (unpaired) electrons. The summed E-state index contributed by atoms with van der Waals surface area (Å²) in [4.78, 5) is 17.8. The van der Waals surface area contributed by atoms with Gasteiger partial charge in [0.1, 0.15) is 6.54 Å². The molecule has 170 valence electrons. The fourth-order valence-electron chi connectivity index (χ4n) is 2.45. The summed E-state index contributed by atoms with van der Waals surface area (Å²) < 4.78 is 16.8. The third-order valence-corrected chi connectivity index (χ3v) is 4.21. The topological polar surface area (TPSA) is 84.4 Å². The number of likely N-dealkylation sites (N-methyl/N-ethyl adjacent to an activating group) is 1. The van der Waals surface area contributed by atoms with E-state index in [4.69, 9.17) is 14.2 Å². The van der Waals surface area contributed by atoms with Crippen LogP contribution in [0.25, 0.3) is 0 Å².